The summed E-state index contributed by atoms with van der Waals surface area (Å²) in [6.45, 7) is 1.78. The predicted molar refractivity (Wildman–Crippen MR) is 99.9 cm³/mol. The number of hydrogen-bond donors (Lipinski definition) is 1. The minimum absolute atomic E-state index is 0.104. The monoisotopic (exact) mass is 360 g/mol. The lowest BCUT2D eigenvalue weighted by molar-refractivity contribution is -0.140. The number of hydrogen-bond acceptors (Lipinski definition) is 4. The molecule has 0 heterocycles. The summed E-state index contributed by atoms with van der Waals surface area (Å²) in [4.78, 5) is 37.8. The smallest absolute Gasteiger partial charge is 0.307 e. The molecule has 0 aliphatic heterocycles. The largest absolute Gasteiger partial charge is 0.469 e. The van der Waals surface area contributed by atoms with Gasteiger partial charge >= 0.3 is 5.97 Å². The summed E-state index contributed by atoms with van der Waals surface area (Å²) < 4.78 is 4.74. The quantitative estimate of drug-likeness (QED) is 0.623. The van der Waals surface area contributed by atoms with Crippen LogP contribution < -0.4 is 5.32 Å². The molecular formula is C20H28N2O4. The van der Waals surface area contributed by atoms with Crippen molar-refractivity contribution in [1.82, 2.24) is 4.90 Å². The van der Waals surface area contributed by atoms with E-state index in [1.807, 2.05) is 4.90 Å². The zero-order valence-electron chi connectivity index (χ0n) is 15.6. The summed E-state index contributed by atoms with van der Waals surface area (Å²) in [6, 6.07) is 7.08. The number of ether oxygens (including phenoxy) is 1. The Balaban J connectivity index is 2.20. The zero-order chi connectivity index (χ0) is 18.9. The summed E-state index contributed by atoms with van der Waals surface area (Å²) in [5.74, 6) is -0.600. The third-order valence-corrected chi connectivity index (χ3v) is 4.74. The molecule has 0 atom stereocenters. The van der Waals surface area contributed by atoms with E-state index in [9.17, 15) is 14.4 Å². The van der Waals surface area contributed by atoms with E-state index in [0.29, 0.717) is 17.8 Å². The first-order chi connectivity index (χ1) is 12.5. The lowest BCUT2D eigenvalue weighted by Crippen LogP contribution is -2.41. The van der Waals surface area contributed by atoms with Gasteiger partial charge in [0, 0.05) is 30.8 Å². The van der Waals surface area contributed by atoms with Gasteiger partial charge in [-0.05, 0) is 31.0 Å². The zero-order valence-corrected chi connectivity index (χ0v) is 15.6. The third kappa shape index (κ3) is 5.86. The molecule has 1 aromatic rings. The minimum atomic E-state index is -0.316. The molecule has 26 heavy (non-hydrogen) atoms. The van der Waals surface area contributed by atoms with Gasteiger partial charge < -0.3 is 15.0 Å². The number of nitrogens with one attached hydrogen (secondary N) is 1. The molecule has 6 nitrogen and oxygen atoms in total. The van der Waals surface area contributed by atoms with Crippen LogP contribution in [0.4, 0.5) is 5.69 Å². The molecule has 0 saturated heterocycles. The average Bonchev–Trinajstić information content (AvgIpc) is 2.90. The van der Waals surface area contributed by atoms with Gasteiger partial charge in [0.15, 0.2) is 0 Å². The Labute approximate surface area is 154 Å². The number of carbonyl (C=O) groups excluding carboxylic acids is 3. The molecule has 142 valence electrons. The van der Waals surface area contributed by atoms with Crippen molar-refractivity contribution in [3.05, 3.63) is 29.8 Å². The second-order valence-corrected chi connectivity index (χ2v) is 6.73. The molecule has 2 rings (SSSR count). The van der Waals surface area contributed by atoms with E-state index in [0.717, 1.165) is 25.7 Å². The molecule has 0 unspecified atom stereocenters. The Bertz CT molecular complexity index is 636. The molecular weight excluding hydrogens is 332 g/mol. The van der Waals surface area contributed by atoms with Crippen molar-refractivity contribution in [2.24, 2.45) is 0 Å². The van der Waals surface area contributed by atoms with Crippen LogP contribution in [0, 0.1) is 0 Å². The molecule has 6 heteroatoms. The number of esters is 1. The molecule has 0 radical (unpaired) electrons. The normalized spacial score (nSPS) is 15.0. The van der Waals surface area contributed by atoms with Gasteiger partial charge in [0.25, 0.3) is 5.91 Å². The summed E-state index contributed by atoms with van der Waals surface area (Å²) >= 11 is 0. The van der Waals surface area contributed by atoms with Crippen molar-refractivity contribution in [1.29, 1.82) is 0 Å². The molecule has 1 saturated carbocycles. The van der Waals surface area contributed by atoms with Gasteiger partial charge in [-0.15, -0.1) is 0 Å². The van der Waals surface area contributed by atoms with Crippen LogP contribution in [0.2, 0.25) is 0 Å². The molecule has 0 spiro atoms. The van der Waals surface area contributed by atoms with Crippen LogP contribution in [-0.2, 0) is 14.3 Å². The van der Waals surface area contributed by atoms with Crippen molar-refractivity contribution in [2.45, 2.75) is 57.9 Å². The SMILES string of the molecule is COC(=O)CCN(C(=O)c1cccc(NC(C)=O)c1)C1CCCCCC1. The van der Waals surface area contributed by atoms with E-state index >= 15 is 0 Å². The van der Waals surface area contributed by atoms with Gasteiger partial charge in [-0.2, -0.15) is 0 Å². The van der Waals surface area contributed by atoms with Crippen LogP contribution in [0.25, 0.3) is 0 Å². The lowest BCUT2D eigenvalue weighted by Gasteiger charge is -2.31. The molecule has 2 amide bonds. The molecule has 1 N–H and O–H groups in total. The summed E-state index contributed by atoms with van der Waals surface area (Å²) in [5, 5.41) is 2.70. The Morgan fingerprint density at radius 1 is 1.15 bits per heavy atom. The number of benzene rings is 1. The number of methoxy groups -OCH3 is 1. The van der Waals surface area contributed by atoms with E-state index in [-0.39, 0.29) is 30.2 Å². The fraction of sp³-hybridized carbons (Fsp3) is 0.550. The third-order valence-electron chi connectivity index (χ3n) is 4.74. The fourth-order valence-corrected chi connectivity index (χ4v) is 3.43. The summed E-state index contributed by atoms with van der Waals surface area (Å²) in [6.07, 6.45) is 6.67. The molecule has 0 bridgehead atoms. The number of nitrogens with zero attached hydrogens (tertiary/aromatic N) is 1. The highest BCUT2D eigenvalue weighted by Gasteiger charge is 2.26. The Kier molecular flexibility index (Phi) is 7.63. The molecule has 1 aliphatic rings. The maximum absolute atomic E-state index is 13.2. The van der Waals surface area contributed by atoms with E-state index in [4.69, 9.17) is 4.74 Å². The second kappa shape index (κ2) is 9.94. The maximum Gasteiger partial charge on any atom is 0.307 e. The van der Waals surface area contributed by atoms with Crippen molar-refractivity contribution >= 4 is 23.5 Å². The van der Waals surface area contributed by atoms with Crippen molar-refractivity contribution in [2.75, 3.05) is 19.0 Å². The fourth-order valence-electron chi connectivity index (χ4n) is 3.43. The second-order valence-electron chi connectivity index (χ2n) is 6.73. The number of carbonyl (C=O) groups is 3. The summed E-state index contributed by atoms with van der Waals surface area (Å²) in [5.41, 5.74) is 1.11. The summed E-state index contributed by atoms with van der Waals surface area (Å²) in [7, 11) is 1.36. The molecule has 1 aromatic carbocycles. The van der Waals surface area contributed by atoms with Gasteiger partial charge in [-0.25, -0.2) is 0 Å². The Morgan fingerprint density at radius 3 is 2.46 bits per heavy atom. The highest BCUT2D eigenvalue weighted by atomic mass is 16.5. The van der Waals surface area contributed by atoms with Crippen molar-refractivity contribution in [3.8, 4) is 0 Å². The standard InChI is InChI=1S/C20H28N2O4/c1-15(23)21-17-9-7-8-16(14-17)20(25)22(13-12-19(24)26-2)18-10-5-3-4-6-11-18/h7-9,14,18H,3-6,10-13H2,1-2H3,(H,21,23). The highest BCUT2D eigenvalue weighted by Crippen LogP contribution is 2.24. The number of amides is 2. The maximum atomic E-state index is 13.2. The number of anilines is 1. The highest BCUT2D eigenvalue weighted by molar-refractivity contribution is 5.97. The van der Waals surface area contributed by atoms with E-state index in [1.54, 1.807) is 24.3 Å². The van der Waals surface area contributed by atoms with Gasteiger partial charge in [0.05, 0.1) is 13.5 Å². The van der Waals surface area contributed by atoms with Gasteiger partial charge in [-0.1, -0.05) is 31.7 Å². The first-order valence-electron chi connectivity index (χ1n) is 9.26. The first-order valence-corrected chi connectivity index (χ1v) is 9.26. The Hall–Kier alpha value is -2.37. The van der Waals surface area contributed by atoms with Gasteiger partial charge in [-0.3, -0.25) is 14.4 Å². The lowest BCUT2D eigenvalue weighted by atomic mass is 10.0. The minimum Gasteiger partial charge on any atom is -0.469 e. The van der Waals surface area contributed by atoms with Gasteiger partial charge in [0.2, 0.25) is 5.91 Å². The van der Waals surface area contributed by atoms with Crippen LogP contribution in [-0.4, -0.2) is 42.4 Å². The van der Waals surface area contributed by atoms with Crippen molar-refractivity contribution in [3.63, 3.8) is 0 Å². The van der Waals surface area contributed by atoms with Crippen LogP contribution in [0.1, 0.15) is 62.2 Å². The number of rotatable bonds is 6. The average molecular weight is 360 g/mol. The van der Waals surface area contributed by atoms with E-state index in [2.05, 4.69) is 5.32 Å². The topological polar surface area (TPSA) is 75.7 Å². The van der Waals surface area contributed by atoms with Crippen LogP contribution in [0.3, 0.4) is 0 Å². The van der Waals surface area contributed by atoms with E-state index in [1.165, 1.54) is 26.9 Å². The van der Waals surface area contributed by atoms with Gasteiger partial charge in [0.1, 0.15) is 0 Å². The van der Waals surface area contributed by atoms with Crippen LogP contribution in [0.15, 0.2) is 24.3 Å². The van der Waals surface area contributed by atoms with E-state index < -0.39 is 0 Å². The van der Waals surface area contributed by atoms with Crippen LogP contribution >= 0.6 is 0 Å². The molecule has 1 fully saturated rings. The predicted octanol–water partition coefficient (Wildman–Crippen LogP) is 3.37. The molecule has 0 aromatic heterocycles. The Morgan fingerprint density at radius 2 is 1.85 bits per heavy atom. The van der Waals surface area contributed by atoms with Crippen LogP contribution in [0.5, 0.6) is 0 Å². The first kappa shape index (κ1) is 19.9. The van der Waals surface area contributed by atoms with Crippen molar-refractivity contribution < 1.29 is 19.1 Å². The molecule has 1 aliphatic carbocycles.